The topological polar surface area (TPSA) is 106 Å². The van der Waals surface area contributed by atoms with Crippen LogP contribution in [0.2, 0.25) is 0 Å². The highest BCUT2D eigenvalue weighted by atomic mass is 32.2. The third-order valence-corrected chi connectivity index (χ3v) is 6.80. The molecule has 3 atom stereocenters. The summed E-state index contributed by atoms with van der Waals surface area (Å²) >= 11 is 0.849. The maximum Gasteiger partial charge on any atom is 0.471 e. The fourth-order valence-corrected chi connectivity index (χ4v) is 5.36. The van der Waals surface area contributed by atoms with Crippen molar-refractivity contribution in [1.29, 1.82) is 0 Å². The van der Waals surface area contributed by atoms with Gasteiger partial charge in [-0.3, -0.25) is 19.9 Å². The number of ether oxygens (including phenoxy) is 2. The number of anilines is 1. The van der Waals surface area contributed by atoms with Crippen molar-refractivity contribution >= 4 is 40.6 Å². The number of carbonyl (C=O) groups excluding carboxylic acids is 3. The number of amidine groups is 1. The lowest BCUT2D eigenvalue weighted by Crippen LogP contribution is -2.44. The minimum absolute atomic E-state index is 0.0873. The third kappa shape index (κ3) is 5.21. The average Bonchev–Trinajstić information content (AvgIpc) is 3.44. The quantitative estimate of drug-likeness (QED) is 0.454. The number of benzene rings is 1. The van der Waals surface area contributed by atoms with E-state index in [9.17, 15) is 36.3 Å². The van der Waals surface area contributed by atoms with Crippen LogP contribution in [0.3, 0.4) is 0 Å². The van der Waals surface area contributed by atoms with E-state index in [1.165, 1.54) is 12.2 Å². The van der Waals surface area contributed by atoms with E-state index in [1.807, 2.05) is 0 Å². The number of esters is 1. The summed E-state index contributed by atoms with van der Waals surface area (Å²) in [6.07, 6.45) is -6.11. The SMILES string of the molecule is COC(=O)[C@]12C[C@H]1[C@@](C)(c1cc(NC(=O)C(F)(F)F)cc(F)c1F)N=C(NC(=O)OC(C)(C)C)S2. The molecule has 2 aliphatic rings. The summed E-state index contributed by atoms with van der Waals surface area (Å²) in [6.45, 7) is 6.17. The Morgan fingerprint density at radius 3 is 2.31 bits per heavy atom. The fraction of sp³-hybridized carbons (Fsp3) is 0.524. The molecular formula is C21H22F5N3O5S. The summed E-state index contributed by atoms with van der Waals surface area (Å²) in [5, 5.41) is 3.69. The molecule has 0 aromatic heterocycles. The van der Waals surface area contributed by atoms with E-state index < -0.39 is 68.8 Å². The van der Waals surface area contributed by atoms with Crippen molar-refractivity contribution in [2.24, 2.45) is 10.9 Å². The van der Waals surface area contributed by atoms with Gasteiger partial charge in [0.25, 0.3) is 0 Å². The van der Waals surface area contributed by atoms with Crippen LogP contribution in [0.5, 0.6) is 0 Å². The van der Waals surface area contributed by atoms with Gasteiger partial charge in [0.05, 0.1) is 12.6 Å². The highest BCUT2D eigenvalue weighted by molar-refractivity contribution is 8.16. The lowest BCUT2D eigenvalue weighted by Gasteiger charge is -2.34. The Morgan fingerprint density at radius 1 is 1.14 bits per heavy atom. The van der Waals surface area contributed by atoms with Gasteiger partial charge >= 0.3 is 24.1 Å². The van der Waals surface area contributed by atoms with E-state index >= 15 is 0 Å². The number of aliphatic imine (C=N–C) groups is 1. The molecule has 0 unspecified atom stereocenters. The van der Waals surface area contributed by atoms with Crippen LogP contribution in [0.4, 0.5) is 32.4 Å². The molecule has 0 bridgehead atoms. The lowest BCUT2D eigenvalue weighted by atomic mass is 9.85. The van der Waals surface area contributed by atoms with Gasteiger partial charge in [-0.1, -0.05) is 11.8 Å². The van der Waals surface area contributed by atoms with Crippen molar-refractivity contribution in [3.8, 4) is 0 Å². The van der Waals surface area contributed by atoms with Crippen LogP contribution in [0.25, 0.3) is 0 Å². The Kier molecular flexibility index (Phi) is 6.59. The minimum Gasteiger partial charge on any atom is -0.468 e. The summed E-state index contributed by atoms with van der Waals surface area (Å²) in [7, 11) is 1.13. The molecule has 0 radical (unpaired) electrons. The van der Waals surface area contributed by atoms with E-state index in [1.54, 1.807) is 20.8 Å². The number of hydrogen-bond acceptors (Lipinski definition) is 7. The number of nitrogens with one attached hydrogen (secondary N) is 2. The van der Waals surface area contributed by atoms with Gasteiger partial charge in [0, 0.05) is 23.2 Å². The van der Waals surface area contributed by atoms with Gasteiger partial charge in [-0.15, -0.1) is 0 Å². The third-order valence-electron chi connectivity index (χ3n) is 5.43. The second kappa shape index (κ2) is 8.64. The number of rotatable bonds is 3. The monoisotopic (exact) mass is 523 g/mol. The van der Waals surface area contributed by atoms with Crippen LogP contribution in [0, 0.1) is 17.6 Å². The molecule has 2 amide bonds. The van der Waals surface area contributed by atoms with Crippen molar-refractivity contribution in [1.82, 2.24) is 5.32 Å². The predicted octanol–water partition coefficient (Wildman–Crippen LogP) is 4.24. The summed E-state index contributed by atoms with van der Waals surface area (Å²) < 4.78 is 76.1. The number of fused-ring (bicyclic) bond motifs is 1. The van der Waals surface area contributed by atoms with Gasteiger partial charge in [0.15, 0.2) is 16.8 Å². The standard InChI is InChI=1S/C21H22F5N3O5S/c1-18(2,3)34-17(32)28-16-29-19(4,12-8-20(12,35-16)15(31)33-5)10-6-9(7-11(22)13(10)23)27-14(30)21(24,25)26/h6-7,12H,8H2,1-5H3,(H,27,30)(H,28,29,32)/t12-,19+,20-/m0/s1. The van der Waals surface area contributed by atoms with Crippen LogP contribution in [0.15, 0.2) is 17.1 Å². The maximum atomic E-state index is 15.0. The Labute approximate surface area is 201 Å². The molecule has 0 saturated heterocycles. The van der Waals surface area contributed by atoms with E-state index in [0.717, 1.165) is 24.9 Å². The molecule has 1 aliphatic heterocycles. The van der Waals surface area contributed by atoms with Gasteiger partial charge < -0.3 is 14.8 Å². The molecule has 35 heavy (non-hydrogen) atoms. The first kappa shape index (κ1) is 26.7. The van der Waals surface area contributed by atoms with Crippen LogP contribution in [-0.2, 0) is 24.6 Å². The van der Waals surface area contributed by atoms with Gasteiger partial charge in [0.1, 0.15) is 10.3 Å². The number of carbonyl (C=O) groups is 3. The van der Waals surface area contributed by atoms with Gasteiger partial charge in [-0.2, -0.15) is 13.2 Å². The molecule has 192 valence electrons. The number of thioether (sulfide) groups is 1. The molecule has 1 aromatic carbocycles. The summed E-state index contributed by atoms with van der Waals surface area (Å²) in [4.78, 5) is 40.5. The molecule has 3 rings (SSSR count). The zero-order valence-electron chi connectivity index (χ0n) is 19.2. The Morgan fingerprint density at radius 2 is 1.77 bits per heavy atom. The Bertz CT molecular complexity index is 1120. The summed E-state index contributed by atoms with van der Waals surface area (Å²) in [5.41, 5.74) is -3.79. The minimum atomic E-state index is -5.27. The van der Waals surface area contributed by atoms with Crippen molar-refractivity contribution in [3.63, 3.8) is 0 Å². The molecule has 1 aliphatic carbocycles. The van der Waals surface area contributed by atoms with E-state index in [-0.39, 0.29) is 11.6 Å². The van der Waals surface area contributed by atoms with Gasteiger partial charge in [-0.25, -0.2) is 13.6 Å². The molecule has 14 heteroatoms. The van der Waals surface area contributed by atoms with Crippen molar-refractivity contribution < 1.29 is 45.8 Å². The highest BCUT2D eigenvalue weighted by Crippen LogP contribution is 2.66. The molecule has 1 fully saturated rings. The Hall–Kier alpha value is -2.90. The summed E-state index contributed by atoms with van der Waals surface area (Å²) in [5.74, 6) is -6.83. The molecule has 2 N–H and O–H groups in total. The second-order valence-corrected chi connectivity index (χ2v) is 10.5. The fourth-order valence-electron chi connectivity index (χ4n) is 3.86. The zero-order chi connectivity index (χ0) is 26.6. The van der Waals surface area contributed by atoms with E-state index in [2.05, 4.69) is 10.3 Å². The first-order chi connectivity index (χ1) is 15.9. The molecule has 8 nitrogen and oxygen atoms in total. The molecule has 0 spiro atoms. The number of nitrogens with zero attached hydrogens (tertiary/aromatic N) is 1. The number of amides is 2. The number of alkyl halides is 3. The van der Waals surface area contributed by atoms with Crippen LogP contribution >= 0.6 is 11.8 Å². The molecule has 1 saturated carbocycles. The van der Waals surface area contributed by atoms with Crippen molar-refractivity contribution in [3.05, 3.63) is 29.3 Å². The number of hydrogen-bond donors (Lipinski definition) is 2. The largest absolute Gasteiger partial charge is 0.471 e. The summed E-state index contributed by atoms with van der Waals surface area (Å²) in [6, 6.07) is 1.21. The van der Waals surface area contributed by atoms with Crippen molar-refractivity contribution in [2.45, 2.75) is 56.2 Å². The van der Waals surface area contributed by atoms with Gasteiger partial charge in [0.2, 0.25) is 0 Å². The lowest BCUT2D eigenvalue weighted by molar-refractivity contribution is -0.167. The van der Waals surface area contributed by atoms with Crippen LogP contribution < -0.4 is 10.6 Å². The van der Waals surface area contributed by atoms with Crippen molar-refractivity contribution in [2.75, 3.05) is 12.4 Å². The maximum absolute atomic E-state index is 15.0. The average molecular weight is 523 g/mol. The second-order valence-electron chi connectivity index (χ2n) is 9.20. The highest BCUT2D eigenvalue weighted by Gasteiger charge is 2.72. The van der Waals surface area contributed by atoms with Gasteiger partial charge in [-0.05, 0) is 40.2 Å². The molecular weight excluding hydrogens is 501 g/mol. The van der Waals surface area contributed by atoms with E-state index in [4.69, 9.17) is 9.47 Å². The normalized spacial score (nSPS) is 25.7. The molecule has 1 aromatic rings. The first-order valence-corrected chi connectivity index (χ1v) is 11.0. The predicted molar refractivity (Wildman–Crippen MR) is 116 cm³/mol. The smallest absolute Gasteiger partial charge is 0.468 e. The van der Waals surface area contributed by atoms with E-state index in [0.29, 0.717) is 6.07 Å². The zero-order valence-corrected chi connectivity index (χ0v) is 20.0. The molecule has 1 heterocycles. The van der Waals surface area contributed by atoms with Crippen LogP contribution in [-0.4, -0.2) is 46.8 Å². The number of halogens is 5. The number of alkyl carbamates (subject to hydrolysis) is 1. The first-order valence-electron chi connectivity index (χ1n) is 10.2. The Balaban J connectivity index is 2.08. The number of methoxy groups -OCH3 is 1. The van der Waals surface area contributed by atoms with Crippen LogP contribution in [0.1, 0.15) is 39.7 Å².